The van der Waals surface area contributed by atoms with Gasteiger partial charge in [0.15, 0.2) is 5.82 Å². The second kappa shape index (κ2) is 4.14. The molecule has 0 bridgehead atoms. The Bertz CT molecular complexity index is 356. The van der Waals surface area contributed by atoms with Crippen molar-refractivity contribution in [3.63, 3.8) is 0 Å². The van der Waals surface area contributed by atoms with Crippen molar-refractivity contribution in [2.75, 3.05) is 0 Å². The molecule has 0 aliphatic heterocycles. The van der Waals surface area contributed by atoms with Crippen molar-refractivity contribution in [3.05, 3.63) is 17.7 Å². The van der Waals surface area contributed by atoms with Crippen LogP contribution in [0.2, 0.25) is 0 Å². The van der Waals surface area contributed by atoms with E-state index in [9.17, 15) is 0 Å². The molecule has 1 heterocycles. The Kier molecular flexibility index (Phi) is 2.86. The highest BCUT2D eigenvalue weighted by molar-refractivity contribution is 5.48. The minimum atomic E-state index is 0.359. The summed E-state index contributed by atoms with van der Waals surface area (Å²) in [4.78, 5) is 4.25. The SMILES string of the molecule is CC(C)Cn1ncnc1C=C1CC(N)C1. The normalized spacial score (nSPS) is 20.5. The molecular weight excluding hydrogens is 188 g/mol. The summed E-state index contributed by atoms with van der Waals surface area (Å²) in [6.07, 6.45) is 5.76. The van der Waals surface area contributed by atoms with Crippen LogP contribution in [0.15, 0.2) is 11.9 Å². The Hall–Kier alpha value is -1.16. The lowest BCUT2D eigenvalue weighted by molar-refractivity contribution is 0.478. The number of rotatable bonds is 3. The molecule has 1 aliphatic rings. The fraction of sp³-hybridized carbons (Fsp3) is 0.636. The molecule has 1 fully saturated rings. The molecule has 82 valence electrons. The van der Waals surface area contributed by atoms with Crippen LogP contribution >= 0.6 is 0 Å². The average Bonchev–Trinajstić information content (AvgIpc) is 2.49. The van der Waals surface area contributed by atoms with Crippen LogP contribution in [0.25, 0.3) is 6.08 Å². The quantitative estimate of drug-likeness (QED) is 0.814. The summed E-state index contributed by atoms with van der Waals surface area (Å²) in [6.45, 7) is 5.28. The zero-order chi connectivity index (χ0) is 10.8. The van der Waals surface area contributed by atoms with E-state index in [-0.39, 0.29) is 0 Å². The van der Waals surface area contributed by atoms with Crippen LogP contribution in [0.5, 0.6) is 0 Å². The largest absolute Gasteiger partial charge is 0.327 e. The molecule has 0 atom stereocenters. The summed E-state index contributed by atoms with van der Waals surface area (Å²) in [5, 5.41) is 4.22. The van der Waals surface area contributed by atoms with E-state index in [1.165, 1.54) is 5.57 Å². The van der Waals surface area contributed by atoms with Gasteiger partial charge in [-0.2, -0.15) is 5.10 Å². The highest BCUT2D eigenvalue weighted by Crippen LogP contribution is 2.26. The second-order valence-corrected chi connectivity index (χ2v) is 4.67. The summed E-state index contributed by atoms with van der Waals surface area (Å²) >= 11 is 0. The molecule has 15 heavy (non-hydrogen) atoms. The van der Waals surface area contributed by atoms with Crippen LogP contribution in [0.4, 0.5) is 0 Å². The molecule has 2 N–H and O–H groups in total. The molecule has 0 amide bonds. The van der Waals surface area contributed by atoms with Gasteiger partial charge in [-0.05, 0) is 24.8 Å². The van der Waals surface area contributed by atoms with Crippen molar-refractivity contribution in [1.29, 1.82) is 0 Å². The number of hydrogen-bond acceptors (Lipinski definition) is 3. The molecule has 0 aromatic carbocycles. The second-order valence-electron chi connectivity index (χ2n) is 4.67. The first-order chi connectivity index (χ1) is 7.15. The molecule has 2 rings (SSSR count). The number of nitrogens with two attached hydrogens (primary N) is 1. The highest BCUT2D eigenvalue weighted by Gasteiger charge is 2.19. The van der Waals surface area contributed by atoms with Gasteiger partial charge in [-0.15, -0.1) is 0 Å². The minimum Gasteiger partial charge on any atom is -0.327 e. The predicted molar refractivity (Wildman–Crippen MR) is 60.0 cm³/mol. The topological polar surface area (TPSA) is 56.7 Å². The first kappa shape index (κ1) is 10.4. The molecule has 1 saturated carbocycles. The van der Waals surface area contributed by atoms with Crippen LogP contribution in [0.3, 0.4) is 0 Å². The molecule has 4 heteroatoms. The molecular formula is C11H18N4. The first-order valence-electron chi connectivity index (χ1n) is 5.48. The van der Waals surface area contributed by atoms with E-state index in [1.54, 1.807) is 6.33 Å². The van der Waals surface area contributed by atoms with Gasteiger partial charge >= 0.3 is 0 Å². The van der Waals surface area contributed by atoms with Crippen molar-refractivity contribution < 1.29 is 0 Å². The lowest BCUT2D eigenvalue weighted by atomic mass is 9.87. The molecule has 0 radical (unpaired) electrons. The Balaban J connectivity index is 2.08. The highest BCUT2D eigenvalue weighted by atomic mass is 15.3. The third-order valence-electron chi connectivity index (χ3n) is 2.57. The maximum absolute atomic E-state index is 5.73. The Labute approximate surface area is 90.2 Å². The van der Waals surface area contributed by atoms with E-state index in [4.69, 9.17) is 5.73 Å². The number of aromatic nitrogens is 3. The zero-order valence-corrected chi connectivity index (χ0v) is 9.35. The van der Waals surface area contributed by atoms with Crippen LogP contribution in [0, 0.1) is 5.92 Å². The van der Waals surface area contributed by atoms with Gasteiger partial charge in [0.1, 0.15) is 6.33 Å². The molecule has 0 unspecified atom stereocenters. The lowest BCUT2D eigenvalue weighted by Gasteiger charge is -2.24. The van der Waals surface area contributed by atoms with Gasteiger partial charge in [0.25, 0.3) is 0 Å². The van der Waals surface area contributed by atoms with E-state index in [0.717, 1.165) is 25.2 Å². The Morgan fingerprint density at radius 1 is 1.60 bits per heavy atom. The van der Waals surface area contributed by atoms with Gasteiger partial charge in [0.2, 0.25) is 0 Å². The van der Waals surface area contributed by atoms with Crippen molar-refractivity contribution >= 4 is 6.08 Å². The molecule has 0 saturated heterocycles. The Morgan fingerprint density at radius 2 is 2.33 bits per heavy atom. The van der Waals surface area contributed by atoms with E-state index in [2.05, 4.69) is 30.0 Å². The van der Waals surface area contributed by atoms with Crippen LogP contribution < -0.4 is 5.73 Å². The summed E-state index contributed by atoms with van der Waals surface area (Å²) in [5.74, 6) is 1.55. The molecule has 1 aliphatic carbocycles. The van der Waals surface area contributed by atoms with Gasteiger partial charge in [-0.1, -0.05) is 19.4 Å². The van der Waals surface area contributed by atoms with E-state index >= 15 is 0 Å². The molecule has 1 aromatic rings. The average molecular weight is 206 g/mol. The molecule has 4 nitrogen and oxygen atoms in total. The van der Waals surface area contributed by atoms with Crippen molar-refractivity contribution in [2.45, 2.75) is 39.3 Å². The van der Waals surface area contributed by atoms with Gasteiger partial charge in [0.05, 0.1) is 0 Å². The van der Waals surface area contributed by atoms with Gasteiger partial charge < -0.3 is 5.73 Å². The number of nitrogens with zero attached hydrogens (tertiary/aromatic N) is 3. The van der Waals surface area contributed by atoms with Crippen LogP contribution in [0.1, 0.15) is 32.5 Å². The molecule has 0 spiro atoms. The third-order valence-corrected chi connectivity index (χ3v) is 2.57. The summed E-state index contributed by atoms with van der Waals surface area (Å²) < 4.78 is 1.96. The van der Waals surface area contributed by atoms with Crippen LogP contribution in [-0.2, 0) is 6.54 Å². The van der Waals surface area contributed by atoms with E-state index in [1.807, 2.05) is 4.68 Å². The lowest BCUT2D eigenvalue weighted by Crippen LogP contribution is -2.30. The number of hydrogen-bond donors (Lipinski definition) is 1. The smallest absolute Gasteiger partial charge is 0.150 e. The maximum atomic E-state index is 5.73. The van der Waals surface area contributed by atoms with E-state index < -0.39 is 0 Å². The van der Waals surface area contributed by atoms with Crippen molar-refractivity contribution in [3.8, 4) is 0 Å². The summed E-state index contributed by atoms with van der Waals surface area (Å²) in [5.41, 5.74) is 7.12. The standard InChI is InChI=1S/C11H18N4/c1-8(2)6-15-11(13-7-14-15)5-9-3-10(12)4-9/h5,7-8,10H,3-4,6,12H2,1-2H3. The minimum absolute atomic E-state index is 0.359. The van der Waals surface area contributed by atoms with Crippen molar-refractivity contribution in [1.82, 2.24) is 14.8 Å². The molecule has 1 aromatic heterocycles. The Morgan fingerprint density at radius 3 is 2.93 bits per heavy atom. The maximum Gasteiger partial charge on any atom is 0.150 e. The summed E-state index contributed by atoms with van der Waals surface area (Å²) in [7, 11) is 0. The van der Waals surface area contributed by atoms with Gasteiger partial charge in [-0.25, -0.2) is 9.67 Å². The van der Waals surface area contributed by atoms with Gasteiger partial charge in [0, 0.05) is 12.6 Å². The van der Waals surface area contributed by atoms with Crippen LogP contribution in [-0.4, -0.2) is 20.8 Å². The fourth-order valence-corrected chi connectivity index (χ4v) is 1.79. The fourth-order valence-electron chi connectivity index (χ4n) is 1.79. The zero-order valence-electron chi connectivity index (χ0n) is 9.35. The summed E-state index contributed by atoms with van der Waals surface area (Å²) in [6, 6.07) is 0.359. The predicted octanol–water partition coefficient (Wildman–Crippen LogP) is 1.44. The first-order valence-corrected chi connectivity index (χ1v) is 5.48. The monoisotopic (exact) mass is 206 g/mol. The third kappa shape index (κ3) is 2.45. The van der Waals surface area contributed by atoms with Crippen molar-refractivity contribution in [2.24, 2.45) is 11.7 Å². The van der Waals surface area contributed by atoms with Gasteiger partial charge in [-0.3, -0.25) is 0 Å². The van der Waals surface area contributed by atoms with E-state index in [0.29, 0.717) is 12.0 Å².